The second-order valence-electron chi connectivity index (χ2n) is 2.54. The van der Waals surface area contributed by atoms with Gasteiger partial charge in [-0.3, -0.25) is 0 Å². The lowest BCUT2D eigenvalue weighted by molar-refractivity contribution is 0.0600. The lowest BCUT2D eigenvalue weighted by atomic mass is 10.1. The molecule has 14 heavy (non-hydrogen) atoms. The van der Waals surface area contributed by atoms with E-state index in [2.05, 4.69) is 4.74 Å². The number of phenolic OH excluding ortho intramolecular Hbond substituents is 1. The minimum absolute atomic E-state index is 0. The van der Waals surface area contributed by atoms with Crippen molar-refractivity contribution in [3.05, 3.63) is 29.3 Å². The molecule has 0 atom stereocenters. The van der Waals surface area contributed by atoms with Crippen LogP contribution in [0, 0.1) is 0 Å². The lowest BCUT2D eigenvalue weighted by Gasteiger charge is -2.03. The fraction of sp³-hybridized carbons (Fsp3) is 0.222. The summed E-state index contributed by atoms with van der Waals surface area (Å²) in [6.45, 7) is 0.191. The van der Waals surface area contributed by atoms with Crippen LogP contribution in [-0.4, -0.2) is 18.2 Å². The van der Waals surface area contributed by atoms with Gasteiger partial charge in [-0.2, -0.15) is 0 Å². The lowest BCUT2D eigenvalue weighted by Crippen LogP contribution is -2.04. The highest BCUT2D eigenvalue weighted by atomic mass is 35.5. The van der Waals surface area contributed by atoms with Crippen molar-refractivity contribution in [2.45, 2.75) is 6.54 Å². The molecule has 0 spiro atoms. The average Bonchev–Trinajstić information content (AvgIpc) is 2.17. The van der Waals surface area contributed by atoms with Crippen molar-refractivity contribution in [1.29, 1.82) is 0 Å². The standard InChI is InChI=1S/C9H11NO3.ClH/c1-13-9(12)6-2-3-8(11)7(4-6)5-10;/h2-4,11H,5,10H2,1H3;1H. The quantitative estimate of drug-likeness (QED) is 0.727. The number of phenols is 1. The van der Waals surface area contributed by atoms with Crippen LogP contribution in [-0.2, 0) is 11.3 Å². The minimum atomic E-state index is -0.435. The Balaban J connectivity index is 0.00000169. The summed E-state index contributed by atoms with van der Waals surface area (Å²) in [6, 6.07) is 4.43. The van der Waals surface area contributed by atoms with Gasteiger partial charge in [0, 0.05) is 12.1 Å². The maximum absolute atomic E-state index is 11.0. The molecule has 0 amide bonds. The Morgan fingerprint density at radius 1 is 1.57 bits per heavy atom. The number of hydrogen-bond acceptors (Lipinski definition) is 4. The number of carbonyl (C=O) groups is 1. The first-order valence-electron chi connectivity index (χ1n) is 3.79. The van der Waals surface area contributed by atoms with Gasteiger partial charge in [0.1, 0.15) is 5.75 Å². The summed E-state index contributed by atoms with van der Waals surface area (Å²) in [5.74, 6) is -0.343. The molecule has 0 unspecified atom stereocenters. The molecule has 0 aliphatic heterocycles. The average molecular weight is 218 g/mol. The fourth-order valence-electron chi connectivity index (χ4n) is 0.994. The van der Waals surface area contributed by atoms with Crippen LogP contribution >= 0.6 is 12.4 Å². The van der Waals surface area contributed by atoms with Gasteiger partial charge in [-0.25, -0.2) is 4.79 Å². The number of aromatic hydroxyl groups is 1. The van der Waals surface area contributed by atoms with Crippen LogP contribution in [0.25, 0.3) is 0 Å². The van der Waals surface area contributed by atoms with Crippen LogP contribution < -0.4 is 5.73 Å². The highest BCUT2D eigenvalue weighted by Gasteiger charge is 2.07. The second-order valence-corrected chi connectivity index (χ2v) is 2.54. The van der Waals surface area contributed by atoms with Crippen LogP contribution in [0.3, 0.4) is 0 Å². The smallest absolute Gasteiger partial charge is 0.337 e. The van der Waals surface area contributed by atoms with Crippen molar-refractivity contribution >= 4 is 18.4 Å². The summed E-state index contributed by atoms with van der Waals surface area (Å²) in [6.07, 6.45) is 0. The van der Waals surface area contributed by atoms with Crippen molar-refractivity contribution < 1.29 is 14.6 Å². The van der Waals surface area contributed by atoms with E-state index in [1.54, 1.807) is 0 Å². The molecule has 0 aliphatic rings. The van der Waals surface area contributed by atoms with E-state index in [9.17, 15) is 9.90 Å². The molecule has 0 aliphatic carbocycles. The third kappa shape index (κ3) is 2.61. The topological polar surface area (TPSA) is 72.5 Å². The number of esters is 1. The predicted molar refractivity (Wildman–Crippen MR) is 54.6 cm³/mol. The molecule has 3 N–H and O–H groups in total. The Morgan fingerprint density at radius 3 is 2.71 bits per heavy atom. The third-order valence-electron chi connectivity index (χ3n) is 1.72. The zero-order valence-electron chi connectivity index (χ0n) is 7.69. The van der Waals surface area contributed by atoms with E-state index in [1.807, 2.05) is 0 Å². The third-order valence-corrected chi connectivity index (χ3v) is 1.72. The molecule has 5 heteroatoms. The molecule has 1 rings (SSSR count). The van der Waals surface area contributed by atoms with Crippen molar-refractivity contribution in [2.75, 3.05) is 7.11 Å². The molecule has 4 nitrogen and oxygen atoms in total. The Morgan fingerprint density at radius 2 is 2.21 bits per heavy atom. The number of rotatable bonds is 2. The summed E-state index contributed by atoms with van der Waals surface area (Å²) in [5, 5.41) is 9.26. The zero-order valence-corrected chi connectivity index (χ0v) is 8.50. The summed E-state index contributed by atoms with van der Waals surface area (Å²) in [7, 11) is 1.30. The normalized spacial score (nSPS) is 9.00. The summed E-state index contributed by atoms with van der Waals surface area (Å²) < 4.78 is 4.51. The zero-order chi connectivity index (χ0) is 9.84. The molecule has 0 saturated carbocycles. The molecular formula is C9H12ClNO3. The van der Waals surface area contributed by atoms with Gasteiger partial charge in [0.05, 0.1) is 12.7 Å². The molecule has 1 aromatic rings. The monoisotopic (exact) mass is 217 g/mol. The van der Waals surface area contributed by atoms with Crippen molar-refractivity contribution in [1.82, 2.24) is 0 Å². The number of methoxy groups -OCH3 is 1. The predicted octanol–water partition coefficient (Wildman–Crippen LogP) is 1.06. The fourth-order valence-corrected chi connectivity index (χ4v) is 0.994. The summed E-state index contributed by atoms with van der Waals surface area (Å²) in [5.41, 5.74) is 6.27. The Bertz CT molecular complexity index is 328. The van der Waals surface area contributed by atoms with Crippen LogP contribution in [0.4, 0.5) is 0 Å². The summed E-state index contributed by atoms with van der Waals surface area (Å²) >= 11 is 0. The van der Waals surface area contributed by atoms with E-state index in [-0.39, 0.29) is 24.7 Å². The van der Waals surface area contributed by atoms with Crippen LogP contribution in [0.2, 0.25) is 0 Å². The first-order chi connectivity index (χ1) is 6.19. The maximum Gasteiger partial charge on any atom is 0.337 e. The molecule has 0 saturated heterocycles. The Labute approximate surface area is 88.1 Å². The van der Waals surface area contributed by atoms with Gasteiger partial charge in [-0.05, 0) is 18.2 Å². The molecule has 0 fully saturated rings. The molecular weight excluding hydrogens is 206 g/mol. The molecule has 1 aromatic carbocycles. The Hall–Kier alpha value is -1.26. The Kier molecular flexibility index (Phi) is 4.97. The van der Waals surface area contributed by atoms with E-state index in [4.69, 9.17) is 5.73 Å². The maximum atomic E-state index is 11.0. The van der Waals surface area contributed by atoms with Gasteiger partial charge in [0.15, 0.2) is 0 Å². The molecule has 0 bridgehead atoms. The number of halogens is 1. The highest BCUT2D eigenvalue weighted by Crippen LogP contribution is 2.17. The largest absolute Gasteiger partial charge is 0.508 e. The SMILES string of the molecule is COC(=O)c1ccc(O)c(CN)c1.Cl. The number of benzene rings is 1. The molecule has 0 aromatic heterocycles. The van der Waals surface area contributed by atoms with Crippen LogP contribution in [0.1, 0.15) is 15.9 Å². The van der Waals surface area contributed by atoms with E-state index in [0.717, 1.165) is 0 Å². The summed E-state index contributed by atoms with van der Waals surface area (Å²) in [4.78, 5) is 11.0. The molecule has 78 valence electrons. The van der Waals surface area contributed by atoms with Gasteiger partial charge in [0.2, 0.25) is 0 Å². The van der Waals surface area contributed by atoms with Crippen LogP contribution in [0.5, 0.6) is 5.75 Å². The highest BCUT2D eigenvalue weighted by molar-refractivity contribution is 5.89. The van der Waals surface area contributed by atoms with E-state index < -0.39 is 5.97 Å². The number of carbonyl (C=O) groups excluding carboxylic acids is 1. The second kappa shape index (κ2) is 5.47. The van der Waals surface area contributed by atoms with Gasteiger partial charge < -0.3 is 15.6 Å². The van der Waals surface area contributed by atoms with E-state index in [1.165, 1.54) is 25.3 Å². The number of ether oxygens (including phenoxy) is 1. The molecule has 0 radical (unpaired) electrons. The first-order valence-corrected chi connectivity index (χ1v) is 3.79. The van der Waals surface area contributed by atoms with Crippen molar-refractivity contribution in [3.8, 4) is 5.75 Å². The molecule has 0 heterocycles. The van der Waals surface area contributed by atoms with Gasteiger partial charge in [-0.15, -0.1) is 12.4 Å². The van der Waals surface area contributed by atoms with E-state index in [0.29, 0.717) is 11.1 Å². The number of hydrogen-bond donors (Lipinski definition) is 2. The van der Waals surface area contributed by atoms with Crippen LogP contribution in [0.15, 0.2) is 18.2 Å². The van der Waals surface area contributed by atoms with Gasteiger partial charge in [0.25, 0.3) is 0 Å². The van der Waals surface area contributed by atoms with Crippen molar-refractivity contribution in [2.24, 2.45) is 5.73 Å². The van der Waals surface area contributed by atoms with E-state index >= 15 is 0 Å². The number of nitrogens with two attached hydrogens (primary N) is 1. The minimum Gasteiger partial charge on any atom is -0.508 e. The van der Waals surface area contributed by atoms with Gasteiger partial charge >= 0.3 is 5.97 Å². The van der Waals surface area contributed by atoms with Crippen molar-refractivity contribution in [3.63, 3.8) is 0 Å². The van der Waals surface area contributed by atoms with Gasteiger partial charge in [-0.1, -0.05) is 0 Å². The first kappa shape index (κ1) is 12.7.